The third-order valence-corrected chi connectivity index (χ3v) is 5.92. The first-order valence-electron chi connectivity index (χ1n) is 8.33. The second-order valence-corrected chi connectivity index (χ2v) is 8.01. The van der Waals surface area contributed by atoms with Gasteiger partial charge in [0.25, 0.3) is 0 Å². The van der Waals surface area contributed by atoms with Crippen LogP contribution in [0.25, 0.3) is 0 Å². The van der Waals surface area contributed by atoms with Crippen LogP contribution in [-0.4, -0.2) is 30.9 Å². The van der Waals surface area contributed by atoms with Gasteiger partial charge in [0.15, 0.2) is 0 Å². The summed E-state index contributed by atoms with van der Waals surface area (Å²) in [5.74, 6) is 2.12. The van der Waals surface area contributed by atoms with Crippen LogP contribution >= 0.6 is 0 Å². The van der Waals surface area contributed by atoms with E-state index in [0.717, 1.165) is 5.75 Å². The largest absolute Gasteiger partial charge is 0.497 e. The van der Waals surface area contributed by atoms with E-state index in [9.17, 15) is 0 Å². The number of methoxy groups -OCH3 is 1. The minimum absolute atomic E-state index is 0.0815. The van der Waals surface area contributed by atoms with Crippen LogP contribution in [-0.2, 0) is 10.3 Å². The van der Waals surface area contributed by atoms with E-state index in [2.05, 4.69) is 64.1 Å². The van der Waals surface area contributed by atoms with Crippen molar-refractivity contribution in [1.29, 1.82) is 0 Å². The Morgan fingerprint density at radius 1 is 1.14 bits per heavy atom. The molecule has 1 saturated heterocycles. The minimum Gasteiger partial charge on any atom is -0.497 e. The van der Waals surface area contributed by atoms with Crippen LogP contribution in [0.3, 0.4) is 0 Å². The predicted molar refractivity (Wildman–Crippen MR) is 88.9 cm³/mol. The number of hydroxylamine groups is 2. The van der Waals surface area contributed by atoms with E-state index in [1.165, 1.54) is 18.4 Å². The molecule has 0 bridgehead atoms. The molecule has 1 aromatic rings. The van der Waals surface area contributed by atoms with Crippen molar-refractivity contribution in [2.45, 2.75) is 57.6 Å². The third-order valence-electron chi connectivity index (χ3n) is 5.92. The van der Waals surface area contributed by atoms with E-state index >= 15 is 0 Å². The van der Waals surface area contributed by atoms with Crippen LogP contribution in [0.15, 0.2) is 24.3 Å². The number of hydrogen-bond donors (Lipinski definition) is 0. The van der Waals surface area contributed by atoms with Crippen LogP contribution in [0, 0.1) is 11.8 Å². The highest BCUT2D eigenvalue weighted by Gasteiger charge is 2.55. The van der Waals surface area contributed by atoms with Crippen LogP contribution in [0.5, 0.6) is 5.75 Å². The quantitative estimate of drug-likeness (QED) is 0.823. The molecule has 1 heterocycles. The Balaban J connectivity index is 1.92. The summed E-state index contributed by atoms with van der Waals surface area (Å²) in [6.07, 6.45) is 2.37. The summed E-state index contributed by atoms with van der Waals surface area (Å²) in [7, 11) is 3.82. The van der Waals surface area contributed by atoms with Gasteiger partial charge in [0, 0.05) is 19.0 Å². The Morgan fingerprint density at radius 2 is 1.77 bits per heavy atom. The van der Waals surface area contributed by atoms with Gasteiger partial charge in [-0.05, 0) is 55.7 Å². The maximum Gasteiger partial charge on any atom is 0.118 e. The van der Waals surface area contributed by atoms with E-state index < -0.39 is 0 Å². The van der Waals surface area contributed by atoms with E-state index in [1.807, 2.05) is 0 Å². The van der Waals surface area contributed by atoms with Crippen molar-refractivity contribution in [2.75, 3.05) is 14.2 Å². The fourth-order valence-electron chi connectivity index (χ4n) is 4.91. The number of fused-ring (bicyclic) bond motifs is 1. The molecule has 3 heteroatoms. The molecule has 0 aromatic heterocycles. The molecular formula is C19H29NO2. The smallest absolute Gasteiger partial charge is 0.118 e. The van der Waals surface area contributed by atoms with Crippen LogP contribution in [0.4, 0.5) is 0 Å². The standard InChI is InChI=1S/C19H29NO2/c1-13-11-19(4,14-7-9-15(21-6)10-8-14)12-16-17(13)20(5)22-18(16,2)3/h7-10,13,16-17H,11-12H2,1-6H3/t13-,16-,17-,19-/m1/s1. The molecule has 2 fully saturated rings. The molecule has 0 unspecified atom stereocenters. The summed E-state index contributed by atoms with van der Waals surface area (Å²) < 4.78 is 5.30. The van der Waals surface area contributed by atoms with Gasteiger partial charge >= 0.3 is 0 Å². The van der Waals surface area contributed by atoms with Crippen LogP contribution in [0.1, 0.15) is 46.1 Å². The predicted octanol–water partition coefficient (Wildman–Crippen LogP) is 4.02. The first-order chi connectivity index (χ1) is 10.3. The summed E-state index contributed by atoms with van der Waals surface area (Å²) in [6.45, 7) is 9.26. The van der Waals surface area contributed by atoms with Gasteiger partial charge in [-0.3, -0.25) is 4.84 Å². The monoisotopic (exact) mass is 303 g/mol. The van der Waals surface area contributed by atoms with Gasteiger partial charge in [0.2, 0.25) is 0 Å². The van der Waals surface area contributed by atoms with Gasteiger partial charge in [-0.15, -0.1) is 0 Å². The number of rotatable bonds is 2. The van der Waals surface area contributed by atoms with Crippen LogP contribution < -0.4 is 4.74 Å². The molecule has 3 rings (SSSR count). The van der Waals surface area contributed by atoms with Crippen molar-refractivity contribution < 1.29 is 9.57 Å². The SMILES string of the molecule is COc1ccc([C@]2(C)C[C@@H](C)[C@@H]3[C@@H](C2)C(C)(C)ON3C)cc1. The molecule has 3 nitrogen and oxygen atoms in total. The number of nitrogens with zero attached hydrogens (tertiary/aromatic N) is 1. The number of benzene rings is 1. The molecule has 0 radical (unpaired) electrons. The topological polar surface area (TPSA) is 21.7 Å². The maximum absolute atomic E-state index is 6.15. The first-order valence-corrected chi connectivity index (χ1v) is 8.33. The lowest BCUT2D eigenvalue weighted by Crippen LogP contribution is -2.48. The molecule has 2 aliphatic rings. The zero-order valence-corrected chi connectivity index (χ0v) is 14.7. The van der Waals surface area contributed by atoms with Crippen molar-refractivity contribution in [1.82, 2.24) is 5.06 Å². The molecular weight excluding hydrogens is 274 g/mol. The van der Waals surface area contributed by atoms with Gasteiger partial charge < -0.3 is 4.74 Å². The average molecular weight is 303 g/mol. The molecule has 1 aliphatic carbocycles. The zero-order valence-electron chi connectivity index (χ0n) is 14.7. The molecule has 1 aromatic carbocycles. The lowest BCUT2D eigenvalue weighted by Gasteiger charge is -2.46. The van der Waals surface area contributed by atoms with Gasteiger partial charge in [-0.1, -0.05) is 26.0 Å². The highest BCUT2D eigenvalue weighted by atomic mass is 16.7. The second-order valence-electron chi connectivity index (χ2n) is 8.01. The zero-order chi connectivity index (χ0) is 16.1. The molecule has 4 atom stereocenters. The fraction of sp³-hybridized carbons (Fsp3) is 0.684. The molecule has 0 amide bonds. The second kappa shape index (κ2) is 5.24. The van der Waals surface area contributed by atoms with Gasteiger partial charge in [0.1, 0.15) is 5.75 Å². The molecule has 0 N–H and O–H groups in total. The molecule has 22 heavy (non-hydrogen) atoms. The normalized spacial score (nSPS) is 37.8. The third kappa shape index (κ3) is 2.44. The van der Waals surface area contributed by atoms with Gasteiger partial charge in [0.05, 0.1) is 12.7 Å². The summed E-state index contributed by atoms with van der Waals surface area (Å²) >= 11 is 0. The van der Waals surface area contributed by atoms with E-state index in [1.54, 1.807) is 7.11 Å². The Labute approximate surface area is 134 Å². The van der Waals surface area contributed by atoms with Crippen molar-refractivity contribution in [2.24, 2.45) is 11.8 Å². The lowest BCUT2D eigenvalue weighted by molar-refractivity contribution is -0.182. The van der Waals surface area contributed by atoms with Crippen molar-refractivity contribution in [3.05, 3.63) is 29.8 Å². The molecule has 122 valence electrons. The fourth-order valence-corrected chi connectivity index (χ4v) is 4.91. The van der Waals surface area contributed by atoms with Crippen molar-refractivity contribution in [3.8, 4) is 5.75 Å². The Kier molecular flexibility index (Phi) is 3.77. The lowest BCUT2D eigenvalue weighted by atomic mass is 9.59. The molecule has 1 saturated carbocycles. The van der Waals surface area contributed by atoms with E-state index in [4.69, 9.17) is 9.57 Å². The van der Waals surface area contributed by atoms with Gasteiger partial charge in [-0.2, -0.15) is 5.06 Å². The minimum atomic E-state index is -0.0815. The summed E-state index contributed by atoms with van der Waals surface area (Å²) in [6, 6.07) is 9.16. The van der Waals surface area contributed by atoms with E-state index in [0.29, 0.717) is 17.9 Å². The number of hydrogen-bond acceptors (Lipinski definition) is 3. The van der Waals surface area contributed by atoms with E-state index in [-0.39, 0.29) is 11.0 Å². The first kappa shape index (κ1) is 15.8. The molecule has 0 spiro atoms. The van der Waals surface area contributed by atoms with Crippen molar-refractivity contribution in [3.63, 3.8) is 0 Å². The Hall–Kier alpha value is -1.06. The molecule has 1 aliphatic heterocycles. The average Bonchev–Trinajstić information content (AvgIpc) is 2.68. The maximum atomic E-state index is 6.15. The summed E-state index contributed by atoms with van der Waals surface area (Å²) in [4.78, 5) is 6.15. The highest BCUT2D eigenvalue weighted by Crippen LogP contribution is 2.53. The summed E-state index contributed by atoms with van der Waals surface area (Å²) in [5, 5.41) is 2.11. The number of ether oxygens (including phenoxy) is 1. The van der Waals surface area contributed by atoms with Crippen molar-refractivity contribution >= 4 is 0 Å². The Bertz CT molecular complexity index is 539. The van der Waals surface area contributed by atoms with Gasteiger partial charge in [-0.25, -0.2) is 0 Å². The Morgan fingerprint density at radius 3 is 2.36 bits per heavy atom. The van der Waals surface area contributed by atoms with Crippen LogP contribution in [0.2, 0.25) is 0 Å². The summed E-state index contributed by atoms with van der Waals surface area (Å²) in [5.41, 5.74) is 1.55. The highest BCUT2D eigenvalue weighted by molar-refractivity contribution is 5.33.